The molecule has 0 radical (unpaired) electrons. The first-order chi connectivity index (χ1) is 1.41. The molecule has 0 aromatic rings. The van der Waals surface area contributed by atoms with Crippen LogP contribution in [0.2, 0.25) is 0 Å². The second kappa shape index (κ2) is 8.86. The normalized spacial score (nSPS) is 6.00. The zero-order valence-corrected chi connectivity index (χ0v) is 7.07. The van der Waals surface area contributed by atoms with Gasteiger partial charge in [-0.3, -0.25) is 0 Å². The molecule has 0 saturated heterocycles. The maximum absolute atomic E-state index is 4.80. The van der Waals surface area contributed by atoms with E-state index >= 15 is 0 Å². The first-order valence-electron chi connectivity index (χ1n) is 0.577. The van der Waals surface area contributed by atoms with Crippen LogP contribution >= 0.6 is 0 Å². The van der Waals surface area contributed by atoms with Crippen molar-refractivity contribution in [1.29, 1.82) is 0 Å². The van der Waals surface area contributed by atoms with E-state index in [4.69, 9.17) is 9.45 Å². The summed E-state index contributed by atoms with van der Waals surface area (Å²) in [6, 6.07) is 0. The van der Waals surface area contributed by atoms with Crippen molar-refractivity contribution in [3.8, 4) is 0 Å². The molecular weight excluding hydrogens is 204 g/mol. The van der Waals surface area contributed by atoms with Gasteiger partial charge in [0.1, 0.15) is 0 Å². The van der Waals surface area contributed by atoms with Crippen molar-refractivity contribution in [1.82, 2.24) is 0 Å². The molecular formula is B2Zr2. The predicted molar refractivity (Wildman–Crippen MR) is 11.5 cm³/mol. The van der Waals surface area contributed by atoms with E-state index in [2.05, 4.69) is 0 Å². The van der Waals surface area contributed by atoms with E-state index in [1.54, 1.807) is 0 Å². The van der Waals surface area contributed by atoms with E-state index in [-0.39, 0.29) is 26.2 Å². The van der Waals surface area contributed by atoms with Gasteiger partial charge in [0.05, 0.1) is 0 Å². The molecule has 0 nitrogen and oxygen atoms in total. The molecule has 14 valence electrons. The first-order valence-corrected chi connectivity index (χ1v) is 3.42. The second-order valence-electron chi connectivity index (χ2n) is 0.167. The van der Waals surface area contributed by atoms with Crippen molar-refractivity contribution in [2.45, 2.75) is 0 Å². The van der Waals surface area contributed by atoms with Crippen LogP contribution in [0.5, 0.6) is 0 Å². The molecule has 0 N–H and O–H groups in total. The summed E-state index contributed by atoms with van der Waals surface area (Å²) in [7, 11) is 0. The molecule has 0 aromatic carbocycles. The van der Waals surface area contributed by atoms with Gasteiger partial charge in [-0.15, -0.1) is 0 Å². The van der Waals surface area contributed by atoms with Crippen molar-refractivity contribution in [3.63, 3.8) is 0 Å². The summed E-state index contributed by atoms with van der Waals surface area (Å²) in [6.07, 6.45) is 0. The van der Waals surface area contributed by atoms with Crippen LogP contribution in [0.15, 0.2) is 0 Å². The Labute approximate surface area is 56.3 Å². The summed E-state index contributed by atoms with van der Waals surface area (Å²) in [5.41, 5.74) is 0. The van der Waals surface area contributed by atoms with E-state index in [9.17, 15) is 0 Å². The third-order valence-corrected chi connectivity index (χ3v) is 0. The fourth-order valence-electron chi connectivity index (χ4n) is 0. The molecule has 0 aliphatic rings. The van der Waals surface area contributed by atoms with Gasteiger partial charge in [-0.05, 0) is 0 Å². The molecule has 0 spiro atoms. The van der Waals surface area contributed by atoms with E-state index in [1.807, 2.05) is 0 Å². The zero-order valence-electron chi connectivity index (χ0n) is 2.15. The van der Waals surface area contributed by atoms with Gasteiger partial charge in [0.2, 0.25) is 0 Å². The van der Waals surface area contributed by atoms with Crippen molar-refractivity contribution in [2.75, 3.05) is 0 Å². The van der Waals surface area contributed by atoms with Gasteiger partial charge < -0.3 is 0 Å². The van der Waals surface area contributed by atoms with E-state index < -0.39 is 21.3 Å². The van der Waals surface area contributed by atoms with Crippen molar-refractivity contribution >= 4 is 9.45 Å². The largest absolute Gasteiger partial charge is 0 e. The molecule has 0 unspecified atom stereocenters. The van der Waals surface area contributed by atoms with Crippen LogP contribution in [0.1, 0.15) is 0 Å². The van der Waals surface area contributed by atoms with Crippen molar-refractivity contribution < 1.29 is 47.5 Å². The number of hydrogen-bond acceptors (Lipinski definition) is 0. The summed E-state index contributed by atoms with van der Waals surface area (Å²) >= 11 is -0.770. The maximum Gasteiger partial charge on any atom is 0 e. The summed E-state index contributed by atoms with van der Waals surface area (Å²) < 4.78 is 9.59. The Kier molecular flexibility index (Phi) is 20.6. The first kappa shape index (κ1) is 9.31. The molecule has 0 aliphatic carbocycles. The van der Waals surface area contributed by atoms with Crippen LogP contribution in [0.25, 0.3) is 0 Å². The molecule has 0 aromatic heterocycles. The quantitative estimate of drug-likeness (QED) is 0.455. The minimum Gasteiger partial charge on any atom is 0 e. The smallest absolute Gasteiger partial charge is 0 e. The van der Waals surface area contributed by atoms with Crippen LogP contribution in [0.4, 0.5) is 0 Å². The zero-order chi connectivity index (χ0) is 2.71. The second-order valence-corrected chi connectivity index (χ2v) is 0.986. The molecule has 0 rings (SSSR count). The van der Waals surface area contributed by atoms with Crippen LogP contribution in [-0.4, -0.2) is 9.45 Å². The minimum atomic E-state index is -0.770. The minimum absolute atomic E-state index is 0. The van der Waals surface area contributed by atoms with Crippen LogP contribution in [0.3, 0.4) is 0 Å². The summed E-state index contributed by atoms with van der Waals surface area (Å²) in [5.74, 6) is 0. The molecule has 4 heavy (non-hydrogen) atoms. The molecule has 4 heteroatoms. The topological polar surface area (TPSA) is 0 Å². The monoisotopic (exact) mass is 202 g/mol. The van der Waals surface area contributed by atoms with Gasteiger partial charge in [-0.25, -0.2) is 0 Å². The Bertz CT molecular complexity index is 77.2. The Morgan fingerprint density at radius 2 is 1.25 bits per heavy atom. The third-order valence-electron chi connectivity index (χ3n) is 0. The standard InChI is InChI=1S/2B.2Zr. The molecule has 0 aliphatic heterocycles. The van der Waals surface area contributed by atoms with Crippen LogP contribution < -0.4 is 0 Å². The van der Waals surface area contributed by atoms with Gasteiger partial charge in [0.25, 0.3) is 0 Å². The van der Waals surface area contributed by atoms with Crippen LogP contribution in [-0.2, 0) is 47.5 Å². The molecule has 0 fully saturated rings. The Balaban J connectivity index is 0. The third kappa shape index (κ3) is 9.09. The fourth-order valence-corrected chi connectivity index (χ4v) is 0. The van der Waals surface area contributed by atoms with Gasteiger partial charge in [-0.1, -0.05) is 0 Å². The predicted octanol–water partition coefficient (Wildman–Crippen LogP) is -0.767. The van der Waals surface area contributed by atoms with Gasteiger partial charge in [-0.2, -0.15) is 0 Å². The molecule has 0 heterocycles. The Hall–Kier alpha value is 1.90. The van der Waals surface area contributed by atoms with E-state index in [0.29, 0.717) is 0 Å². The van der Waals surface area contributed by atoms with Gasteiger partial charge in [0, 0.05) is 26.2 Å². The fraction of sp³-hybridized carbons (Fsp3) is 0. The van der Waals surface area contributed by atoms with E-state index in [0.717, 1.165) is 0 Å². The Morgan fingerprint density at radius 1 is 1.25 bits per heavy atom. The van der Waals surface area contributed by atoms with Crippen molar-refractivity contribution in [3.05, 3.63) is 0 Å². The van der Waals surface area contributed by atoms with Gasteiger partial charge >= 0.3 is 30.8 Å². The number of hydrogen-bond donors (Lipinski definition) is 0. The number of rotatable bonds is 0. The molecule has 0 bridgehead atoms. The summed E-state index contributed by atoms with van der Waals surface area (Å²) in [4.78, 5) is 0. The van der Waals surface area contributed by atoms with E-state index in [1.165, 1.54) is 0 Å². The molecule has 0 amide bonds. The molecule has 0 saturated carbocycles. The van der Waals surface area contributed by atoms with Gasteiger partial charge in [0.15, 0.2) is 0 Å². The summed E-state index contributed by atoms with van der Waals surface area (Å²) in [5, 5.41) is 0. The summed E-state index contributed by atoms with van der Waals surface area (Å²) in [6.45, 7) is 0. The van der Waals surface area contributed by atoms with Crippen LogP contribution in [0, 0.1) is 0 Å². The maximum atomic E-state index is 4.80. The Morgan fingerprint density at radius 3 is 1.25 bits per heavy atom. The SMILES string of the molecule is [B]#[Zr]#[B].[Zr]. The van der Waals surface area contributed by atoms with Crippen molar-refractivity contribution in [2.24, 2.45) is 0 Å². The average molecular weight is 204 g/mol. The average Bonchev–Trinajstić information content (AvgIpc) is 0.918. The molecule has 0 atom stereocenters.